The molecule has 1 atom stereocenters. The number of hydrogen-bond acceptors (Lipinski definition) is 7. The summed E-state index contributed by atoms with van der Waals surface area (Å²) >= 11 is 0. The Morgan fingerprint density at radius 3 is 2.64 bits per heavy atom. The Hall–Kier alpha value is -1.48. The van der Waals surface area contributed by atoms with Gasteiger partial charge in [-0.1, -0.05) is 0 Å². The van der Waals surface area contributed by atoms with Gasteiger partial charge in [0.1, 0.15) is 6.26 Å². The van der Waals surface area contributed by atoms with Crippen LogP contribution in [-0.4, -0.2) is 83.4 Å². The standard InChI is InChI=1S/C20H34N4O4/c1-20(2,3)28-13-16(25)11-23-6-8-24(9-7-23)12-18-22-17(14-27-18)19(26)21-10-15-4-5-15/h14-16,25H,4-13H2,1-3H3,(H,21,26)/t16-/m0/s1. The van der Waals surface area contributed by atoms with Crippen LogP contribution >= 0.6 is 0 Å². The van der Waals surface area contributed by atoms with Gasteiger partial charge in [0, 0.05) is 39.3 Å². The Balaban J connectivity index is 1.35. The van der Waals surface area contributed by atoms with Crippen molar-refractivity contribution >= 4 is 5.91 Å². The molecule has 1 aromatic rings. The zero-order chi connectivity index (χ0) is 20.1. The normalized spacial score (nSPS) is 20.3. The minimum Gasteiger partial charge on any atom is -0.447 e. The third-order valence-electron chi connectivity index (χ3n) is 5.03. The number of carbonyl (C=O) groups is 1. The van der Waals surface area contributed by atoms with Gasteiger partial charge >= 0.3 is 0 Å². The summed E-state index contributed by atoms with van der Waals surface area (Å²) in [5.74, 6) is 1.06. The molecule has 1 amide bonds. The smallest absolute Gasteiger partial charge is 0.273 e. The number of hydrogen-bond donors (Lipinski definition) is 2. The maximum Gasteiger partial charge on any atom is 0.273 e. The zero-order valence-electron chi connectivity index (χ0n) is 17.3. The van der Waals surface area contributed by atoms with Crippen molar-refractivity contribution in [3.63, 3.8) is 0 Å². The first-order valence-corrected chi connectivity index (χ1v) is 10.3. The Morgan fingerprint density at radius 1 is 1.32 bits per heavy atom. The van der Waals surface area contributed by atoms with E-state index >= 15 is 0 Å². The number of aliphatic hydroxyl groups excluding tert-OH is 1. The Labute approximate surface area is 167 Å². The molecule has 3 rings (SSSR count). The highest BCUT2D eigenvalue weighted by atomic mass is 16.5. The molecule has 2 fully saturated rings. The fourth-order valence-corrected chi connectivity index (χ4v) is 3.16. The summed E-state index contributed by atoms with van der Waals surface area (Å²) in [5.41, 5.74) is 0.125. The molecule has 0 radical (unpaired) electrons. The van der Waals surface area contributed by atoms with Gasteiger partial charge in [0.15, 0.2) is 5.69 Å². The van der Waals surface area contributed by atoms with Crippen molar-refractivity contribution in [2.45, 2.75) is 51.9 Å². The summed E-state index contributed by atoms with van der Waals surface area (Å²) in [6.07, 6.45) is 3.38. The maximum atomic E-state index is 12.1. The predicted molar refractivity (Wildman–Crippen MR) is 105 cm³/mol. The van der Waals surface area contributed by atoms with E-state index in [4.69, 9.17) is 9.15 Å². The minimum atomic E-state index is -0.478. The number of carbonyl (C=O) groups excluding carboxylic acids is 1. The van der Waals surface area contributed by atoms with Gasteiger partial charge < -0.3 is 19.6 Å². The molecule has 1 aliphatic carbocycles. The van der Waals surface area contributed by atoms with Gasteiger partial charge in [-0.25, -0.2) is 4.98 Å². The van der Waals surface area contributed by atoms with Crippen molar-refractivity contribution in [3.8, 4) is 0 Å². The molecule has 1 aromatic heterocycles. The Kier molecular flexibility index (Phi) is 7.09. The number of oxazole rings is 1. The summed E-state index contributed by atoms with van der Waals surface area (Å²) in [5, 5.41) is 13.1. The highest BCUT2D eigenvalue weighted by molar-refractivity contribution is 5.91. The van der Waals surface area contributed by atoms with E-state index in [1.54, 1.807) is 0 Å². The van der Waals surface area contributed by atoms with E-state index in [2.05, 4.69) is 20.1 Å². The first kappa shape index (κ1) is 21.2. The second-order valence-corrected chi connectivity index (χ2v) is 8.93. The van der Waals surface area contributed by atoms with Crippen LogP contribution in [0.5, 0.6) is 0 Å². The number of rotatable bonds is 9. The van der Waals surface area contributed by atoms with E-state index in [9.17, 15) is 9.90 Å². The Bertz CT molecular complexity index is 630. The third kappa shape index (κ3) is 7.16. The Morgan fingerprint density at radius 2 is 2.00 bits per heavy atom. The van der Waals surface area contributed by atoms with Crippen LogP contribution < -0.4 is 5.32 Å². The summed E-state index contributed by atoms with van der Waals surface area (Å²) < 4.78 is 11.1. The SMILES string of the molecule is CC(C)(C)OC[C@@H](O)CN1CCN(Cc2nc(C(=O)NCC3CC3)co2)CC1. The molecular weight excluding hydrogens is 360 g/mol. The zero-order valence-corrected chi connectivity index (χ0v) is 17.3. The first-order valence-electron chi connectivity index (χ1n) is 10.3. The summed E-state index contributed by atoms with van der Waals surface area (Å²) in [7, 11) is 0. The molecule has 28 heavy (non-hydrogen) atoms. The highest BCUT2D eigenvalue weighted by Gasteiger charge is 2.24. The van der Waals surface area contributed by atoms with Gasteiger partial charge in [-0.3, -0.25) is 14.6 Å². The fourth-order valence-electron chi connectivity index (χ4n) is 3.16. The second kappa shape index (κ2) is 9.35. The lowest BCUT2D eigenvalue weighted by Gasteiger charge is -2.35. The van der Waals surface area contributed by atoms with Crippen LogP contribution in [0.25, 0.3) is 0 Å². The van der Waals surface area contributed by atoms with E-state index in [1.807, 2.05) is 20.8 Å². The van der Waals surface area contributed by atoms with Crippen molar-refractivity contribution in [2.75, 3.05) is 45.9 Å². The quantitative estimate of drug-likeness (QED) is 0.648. The molecule has 0 bridgehead atoms. The van der Waals surface area contributed by atoms with Crippen LogP contribution in [0, 0.1) is 5.92 Å². The molecule has 2 aliphatic rings. The monoisotopic (exact) mass is 394 g/mol. The number of nitrogens with one attached hydrogen (secondary N) is 1. The van der Waals surface area contributed by atoms with Crippen LogP contribution in [0.2, 0.25) is 0 Å². The number of piperazine rings is 1. The third-order valence-corrected chi connectivity index (χ3v) is 5.03. The number of aliphatic hydroxyl groups is 1. The first-order chi connectivity index (χ1) is 13.3. The van der Waals surface area contributed by atoms with Gasteiger partial charge in [0.2, 0.25) is 5.89 Å². The molecule has 1 aliphatic heterocycles. The van der Waals surface area contributed by atoms with Crippen molar-refractivity contribution in [1.29, 1.82) is 0 Å². The second-order valence-electron chi connectivity index (χ2n) is 8.93. The number of ether oxygens (including phenoxy) is 1. The molecule has 0 aromatic carbocycles. The number of β-amino-alcohol motifs (C(OH)–C–C–N with tert-alkyl or cyclic N) is 1. The molecule has 0 unspecified atom stereocenters. The molecular formula is C20H34N4O4. The molecule has 8 heteroatoms. The van der Waals surface area contributed by atoms with E-state index in [-0.39, 0.29) is 11.5 Å². The molecule has 2 heterocycles. The topological polar surface area (TPSA) is 91.1 Å². The van der Waals surface area contributed by atoms with Crippen molar-refractivity contribution in [2.24, 2.45) is 5.92 Å². The lowest BCUT2D eigenvalue weighted by molar-refractivity contribution is -0.0588. The molecule has 158 valence electrons. The average Bonchev–Trinajstić information content (AvgIpc) is 3.36. The van der Waals surface area contributed by atoms with Gasteiger partial charge in [-0.15, -0.1) is 0 Å². The van der Waals surface area contributed by atoms with E-state index in [0.717, 1.165) is 32.7 Å². The molecule has 1 saturated carbocycles. The largest absolute Gasteiger partial charge is 0.447 e. The lowest BCUT2D eigenvalue weighted by Crippen LogP contribution is -2.49. The van der Waals surface area contributed by atoms with Crippen LogP contribution in [-0.2, 0) is 11.3 Å². The summed E-state index contributed by atoms with van der Waals surface area (Å²) in [6, 6.07) is 0. The maximum absolute atomic E-state index is 12.1. The molecule has 8 nitrogen and oxygen atoms in total. The molecule has 1 saturated heterocycles. The van der Waals surface area contributed by atoms with Gasteiger partial charge in [0.05, 0.1) is 24.9 Å². The van der Waals surface area contributed by atoms with Crippen molar-refractivity contribution < 1.29 is 19.1 Å². The van der Waals surface area contributed by atoms with Crippen molar-refractivity contribution in [1.82, 2.24) is 20.1 Å². The van der Waals surface area contributed by atoms with Crippen LogP contribution in [0.15, 0.2) is 10.7 Å². The number of nitrogens with zero attached hydrogens (tertiary/aromatic N) is 3. The lowest BCUT2D eigenvalue weighted by atomic mass is 10.2. The highest BCUT2D eigenvalue weighted by Crippen LogP contribution is 2.27. The van der Waals surface area contributed by atoms with Crippen LogP contribution in [0.1, 0.15) is 50.0 Å². The average molecular weight is 395 g/mol. The fraction of sp³-hybridized carbons (Fsp3) is 0.800. The molecule has 0 spiro atoms. The number of aromatic nitrogens is 1. The molecule has 2 N–H and O–H groups in total. The van der Waals surface area contributed by atoms with Gasteiger partial charge in [-0.05, 0) is 39.5 Å². The predicted octanol–water partition coefficient (Wildman–Crippen LogP) is 1.11. The van der Waals surface area contributed by atoms with Gasteiger partial charge in [0.25, 0.3) is 5.91 Å². The van der Waals surface area contributed by atoms with Crippen LogP contribution in [0.4, 0.5) is 0 Å². The van der Waals surface area contributed by atoms with E-state index in [1.165, 1.54) is 19.1 Å². The van der Waals surface area contributed by atoms with E-state index in [0.29, 0.717) is 37.2 Å². The minimum absolute atomic E-state index is 0.154. The summed E-state index contributed by atoms with van der Waals surface area (Å²) in [6.45, 7) is 11.8. The van der Waals surface area contributed by atoms with Gasteiger partial charge in [-0.2, -0.15) is 0 Å². The number of amides is 1. The van der Waals surface area contributed by atoms with Crippen LogP contribution in [0.3, 0.4) is 0 Å². The summed E-state index contributed by atoms with van der Waals surface area (Å²) in [4.78, 5) is 20.9. The van der Waals surface area contributed by atoms with Crippen molar-refractivity contribution in [3.05, 3.63) is 17.8 Å². The van der Waals surface area contributed by atoms with E-state index < -0.39 is 6.10 Å².